The average Bonchev–Trinajstić information content (AvgIpc) is 3.19. The van der Waals surface area contributed by atoms with E-state index in [0.29, 0.717) is 34.4 Å². The van der Waals surface area contributed by atoms with Gasteiger partial charge in [-0.15, -0.1) is 0 Å². The summed E-state index contributed by atoms with van der Waals surface area (Å²) in [7, 11) is 4.41. The van der Waals surface area contributed by atoms with Gasteiger partial charge < -0.3 is 24.4 Å². The SMILES string of the molecule is COc1cc([C@H](CC(=O)Nc2ccc(F)cc2F)N2Cc3ccccc3C2=O)cc(OC)c1OC. The molecule has 0 radical (unpaired) electrons. The summed E-state index contributed by atoms with van der Waals surface area (Å²) in [6.07, 6.45) is -0.199. The number of methoxy groups -OCH3 is 3. The first-order valence-corrected chi connectivity index (χ1v) is 10.8. The molecule has 182 valence electrons. The fourth-order valence-electron chi connectivity index (χ4n) is 4.20. The number of anilines is 1. The number of carbonyl (C=O) groups excluding carboxylic acids is 2. The fourth-order valence-corrected chi connectivity index (χ4v) is 4.20. The Kier molecular flexibility index (Phi) is 6.86. The van der Waals surface area contributed by atoms with E-state index in [1.54, 1.807) is 29.2 Å². The number of hydrogen-bond donors (Lipinski definition) is 1. The molecule has 1 atom stereocenters. The lowest BCUT2D eigenvalue weighted by molar-refractivity contribution is -0.117. The smallest absolute Gasteiger partial charge is 0.255 e. The Labute approximate surface area is 201 Å². The van der Waals surface area contributed by atoms with Crippen LogP contribution in [0.4, 0.5) is 14.5 Å². The van der Waals surface area contributed by atoms with E-state index < -0.39 is 23.6 Å². The van der Waals surface area contributed by atoms with E-state index in [1.165, 1.54) is 21.3 Å². The van der Waals surface area contributed by atoms with Gasteiger partial charge in [-0.3, -0.25) is 9.59 Å². The highest BCUT2D eigenvalue weighted by molar-refractivity contribution is 5.99. The molecule has 0 aromatic heterocycles. The number of hydrogen-bond acceptors (Lipinski definition) is 5. The van der Waals surface area contributed by atoms with Crippen molar-refractivity contribution in [1.29, 1.82) is 0 Å². The van der Waals surface area contributed by atoms with Crippen LogP contribution in [-0.2, 0) is 11.3 Å². The molecular weight excluding hydrogens is 458 g/mol. The van der Waals surface area contributed by atoms with Gasteiger partial charge >= 0.3 is 0 Å². The van der Waals surface area contributed by atoms with Gasteiger partial charge in [-0.1, -0.05) is 18.2 Å². The van der Waals surface area contributed by atoms with Crippen molar-refractivity contribution >= 4 is 17.5 Å². The third kappa shape index (κ3) is 4.75. The van der Waals surface area contributed by atoms with Crippen LogP contribution in [0.5, 0.6) is 17.2 Å². The van der Waals surface area contributed by atoms with Crippen molar-refractivity contribution in [2.75, 3.05) is 26.6 Å². The highest BCUT2D eigenvalue weighted by Gasteiger charge is 2.35. The lowest BCUT2D eigenvalue weighted by Crippen LogP contribution is -2.32. The second-order valence-electron chi connectivity index (χ2n) is 7.94. The monoisotopic (exact) mass is 482 g/mol. The maximum Gasteiger partial charge on any atom is 0.255 e. The maximum absolute atomic E-state index is 14.1. The molecule has 0 saturated carbocycles. The molecule has 1 heterocycles. The van der Waals surface area contributed by atoms with Gasteiger partial charge in [0.05, 0.1) is 39.5 Å². The van der Waals surface area contributed by atoms with Gasteiger partial charge in [0.1, 0.15) is 11.6 Å². The van der Waals surface area contributed by atoms with Crippen LogP contribution in [-0.4, -0.2) is 38.0 Å². The normalized spacial score (nSPS) is 13.3. The molecule has 1 aliphatic heterocycles. The largest absolute Gasteiger partial charge is 0.493 e. The van der Waals surface area contributed by atoms with E-state index >= 15 is 0 Å². The van der Waals surface area contributed by atoms with Gasteiger partial charge in [-0.2, -0.15) is 0 Å². The molecule has 0 unspecified atom stereocenters. The molecule has 3 aromatic carbocycles. The Balaban J connectivity index is 1.72. The van der Waals surface area contributed by atoms with E-state index in [9.17, 15) is 18.4 Å². The van der Waals surface area contributed by atoms with E-state index in [0.717, 1.165) is 17.7 Å². The fraction of sp³-hybridized carbons (Fsp3) is 0.231. The molecule has 9 heteroatoms. The summed E-state index contributed by atoms with van der Waals surface area (Å²) in [5.74, 6) is -1.35. The number of amides is 2. The Morgan fingerprint density at radius 1 is 1.00 bits per heavy atom. The summed E-state index contributed by atoms with van der Waals surface area (Å²) in [5, 5.41) is 2.47. The van der Waals surface area contributed by atoms with Crippen LogP contribution in [0.25, 0.3) is 0 Å². The molecule has 0 fully saturated rings. The number of carbonyl (C=O) groups is 2. The van der Waals surface area contributed by atoms with Crippen LogP contribution in [0.2, 0.25) is 0 Å². The molecule has 1 N–H and O–H groups in total. The summed E-state index contributed by atoms with van der Waals surface area (Å²) in [6, 6.07) is 12.7. The zero-order chi connectivity index (χ0) is 25.1. The van der Waals surface area contributed by atoms with E-state index in [2.05, 4.69) is 5.32 Å². The number of benzene rings is 3. The molecule has 0 aliphatic carbocycles. The highest BCUT2D eigenvalue weighted by atomic mass is 19.1. The lowest BCUT2D eigenvalue weighted by atomic mass is 10.00. The highest BCUT2D eigenvalue weighted by Crippen LogP contribution is 2.43. The molecule has 35 heavy (non-hydrogen) atoms. The maximum atomic E-state index is 14.1. The van der Waals surface area contributed by atoms with Crippen LogP contribution in [0.3, 0.4) is 0 Å². The summed E-state index contributed by atoms with van der Waals surface area (Å²) >= 11 is 0. The molecule has 1 aliphatic rings. The predicted molar refractivity (Wildman–Crippen MR) is 125 cm³/mol. The Morgan fingerprint density at radius 3 is 2.29 bits per heavy atom. The van der Waals surface area contributed by atoms with E-state index in [1.807, 2.05) is 12.1 Å². The minimum absolute atomic E-state index is 0.156. The molecule has 0 saturated heterocycles. The zero-order valence-corrected chi connectivity index (χ0v) is 19.4. The summed E-state index contributed by atoms with van der Waals surface area (Å²) in [6.45, 7) is 0.286. The minimum Gasteiger partial charge on any atom is -0.493 e. The quantitative estimate of drug-likeness (QED) is 0.503. The van der Waals surface area contributed by atoms with Gasteiger partial charge in [-0.05, 0) is 41.5 Å². The first kappa shape index (κ1) is 24.0. The Hall–Kier alpha value is -4.14. The van der Waals surface area contributed by atoms with Crippen LogP contribution in [0.15, 0.2) is 54.6 Å². The second kappa shape index (κ2) is 10.0. The molecule has 2 amide bonds. The van der Waals surface area contributed by atoms with Gasteiger partial charge in [0.2, 0.25) is 11.7 Å². The first-order chi connectivity index (χ1) is 16.9. The molecular formula is C26H24F2N2O5. The third-order valence-electron chi connectivity index (χ3n) is 5.88. The van der Waals surface area contributed by atoms with Crippen molar-refractivity contribution in [3.05, 3.63) is 82.9 Å². The molecule has 4 rings (SSSR count). The second-order valence-corrected chi connectivity index (χ2v) is 7.94. The number of rotatable bonds is 8. The van der Waals surface area contributed by atoms with Crippen molar-refractivity contribution < 1.29 is 32.6 Å². The Morgan fingerprint density at radius 2 is 1.69 bits per heavy atom. The predicted octanol–water partition coefficient (Wildman–Crippen LogP) is 4.72. The lowest BCUT2D eigenvalue weighted by Gasteiger charge is -2.29. The standard InChI is InChI=1S/C26H24F2N2O5/c1-33-22-10-16(11-23(34-2)25(22)35-3)21(30-14-15-6-4-5-7-18(15)26(30)32)13-24(31)29-20-9-8-17(27)12-19(20)28/h4-12,21H,13-14H2,1-3H3,(H,29,31)/t21-/m0/s1. The molecule has 0 spiro atoms. The van der Waals surface area contributed by atoms with Crippen LogP contribution in [0.1, 0.15) is 33.9 Å². The summed E-state index contributed by atoms with van der Waals surface area (Å²) in [4.78, 5) is 27.9. The van der Waals surface area contributed by atoms with Crippen LogP contribution >= 0.6 is 0 Å². The number of fused-ring (bicyclic) bond motifs is 1. The topological polar surface area (TPSA) is 77.1 Å². The van der Waals surface area contributed by atoms with Crippen molar-refractivity contribution in [3.63, 3.8) is 0 Å². The first-order valence-electron chi connectivity index (χ1n) is 10.8. The van der Waals surface area contributed by atoms with Crippen molar-refractivity contribution in [1.82, 2.24) is 4.90 Å². The van der Waals surface area contributed by atoms with Crippen molar-refractivity contribution in [2.24, 2.45) is 0 Å². The number of halogens is 2. The third-order valence-corrected chi connectivity index (χ3v) is 5.88. The summed E-state index contributed by atoms with van der Waals surface area (Å²) in [5.41, 5.74) is 1.79. The van der Waals surface area contributed by atoms with Crippen LogP contribution in [0, 0.1) is 11.6 Å². The number of nitrogens with one attached hydrogen (secondary N) is 1. The molecule has 3 aromatic rings. The van der Waals surface area contributed by atoms with Crippen molar-refractivity contribution in [2.45, 2.75) is 19.0 Å². The van der Waals surface area contributed by atoms with Gasteiger partial charge in [0.15, 0.2) is 11.5 Å². The number of nitrogens with zero attached hydrogens (tertiary/aromatic N) is 1. The summed E-state index contributed by atoms with van der Waals surface area (Å²) < 4.78 is 43.7. The van der Waals surface area contributed by atoms with E-state index in [4.69, 9.17) is 14.2 Å². The number of ether oxygens (including phenoxy) is 3. The molecule has 0 bridgehead atoms. The van der Waals surface area contributed by atoms with Crippen LogP contribution < -0.4 is 19.5 Å². The molecule has 7 nitrogen and oxygen atoms in total. The van der Waals surface area contributed by atoms with E-state index in [-0.39, 0.29) is 24.6 Å². The average molecular weight is 482 g/mol. The van der Waals surface area contributed by atoms with Gasteiger partial charge in [0, 0.05) is 18.2 Å². The van der Waals surface area contributed by atoms with Crippen molar-refractivity contribution in [3.8, 4) is 17.2 Å². The zero-order valence-electron chi connectivity index (χ0n) is 19.4. The van der Waals surface area contributed by atoms with Gasteiger partial charge in [0.25, 0.3) is 5.91 Å². The van der Waals surface area contributed by atoms with Gasteiger partial charge in [-0.25, -0.2) is 8.78 Å². The minimum atomic E-state index is -0.896. The Bertz CT molecular complexity index is 1260.